The van der Waals surface area contributed by atoms with E-state index in [2.05, 4.69) is 22.5 Å². The van der Waals surface area contributed by atoms with Gasteiger partial charge in [-0.3, -0.25) is 9.69 Å². The fraction of sp³-hybridized carbons (Fsp3) is 0.714. The Morgan fingerprint density at radius 1 is 1.40 bits per heavy atom. The summed E-state index contributed by atoms with van der Waals surface area (Å²) in [6.45, 7) is 4.90. The first kappa shape index (κ1) is 14.8. The van der Waals surface area contributed by atoms with Crippen molar-refractivity contribution in [2.24, 2.45) is 5.92 Å². The van der Waals surface area contributed by atoms with Crippen LogP contribution in [0.4, 0.5) is 4.79 Å². The number of rotatable bonds is 5. The number of carbonyl (C=O) groups is 2. The second kappa shape index (κ2) is 6.74. The average Bonchev–Trinajstić information content (AvgIpc) is 3.04. The van der Waals surface area contributed by atoms with Gasteiger partial charge in [-0.1, -0.05) is 19.1 Å². The number of nitrogens with zero attached hydrogens (tertiary/aromatic N) is 1. The van der Waals surface area contributed by atoms with Crippen LogP contribution < -0.4 is 10.6 Å². The van der Waals surface area contributed by atoms with E-state index in [4.69, 9.17) is 5.11 Å². The van der Waals surface area contributed by atoms with Crippen molar-refractivity contribution in [2.75, 3.05) is 19.6 Å². The average molecular weight is 281 g/mol. The van der Waals surface area contributed by atoms with Gasteiger partial charge in [0, 0.05) is 12.6 Å². The summed E-state index contributed by atoms with van der Waals surface area (Å²) in [7, 11) is 0. The van der Waals surface area contributed by atoms with Crippen molar-refractivity contribution in [3.05, 3.63) is 12.2 Å². The minimum atomic E-state index is -0.837. The second-order valence-electron chi connectivity index (χ2n) is 5.45. The van der Waals surface area contributed by atoms with E-state index in [1.54, 1.807) is 12.2 Å². The Bertz CT molecular complexity index is 397. The molecule has 112 valence electrons. The molecule has 3 N–H and O–H groups in total. The topological polar surface area (TPSA) is 81.7 Å². The van der Waals surface area contributed by atoms with Gasteiger partial charge in [-0.25, -0.2) is 4.79 Å². The summed E-state index contributed by atoms with van der Waals surface area (Å²) < 4.78 is 0. The molecule has 20 heavy (non-hydrogen) atoms. The number of amides is 2. The Balaban J connectivity index is 1.69. The molecular weight excluding hydrogens is 258 g/mol. The van der Waals surface area contributed by atoms with E-state index < -0.39 is 11.9 Å². The first-order valence-electron chi connectivity index (χ1n) is 7.29. The summed E-state index contributed by atoms with van der Waals surface area (Å²) in [4.78, 5) is 25.0. The second-order valence-corrected chi connectivity index (χ2v) is 5.45. The standard InChI is InChI=1S/C14H23N3O3/c1-2-17-7-3-4-12(17)9-15-14(20)16-11-6-5-10(8-11)13(18)19/h5-6,10-12H,2-4,7-9H2,1H3,(H,18,19)(H2,15,16,20). The van der Waals surface area contributed by atoms with Gasteiger partial charge in [-0.15, -0.1) is 0 Å². The zero-order chi connectivity index (χ0) is 14.5. The fourth-order valence-electron chi connectivity index (χ4n) is 2.96. The number of carbonyl (C=O) groups excluding carboxylic acids is 1. The molecule has 0 spiro atoms. The summed E-state index contributed by atoms with van der Waals surface area (Å²) in [5.74, 6) is -1.32. The maximum atomic E-state index is 11.8. The van der Waals surface area contributed by atoms with Crippen molar-refractivity contribution in [1.82, 2.24) is 15.5 Å². The number of nitrogens with one attached hydrogen (secondary N) is 2. The maximum Gasteiger partial charge on any atom is 0.315 e. The highest BCUT2D eigenvalue weighted by atomic mass is 16.4. The Hall–Kier alpha value is -1.56. The van der Waals surface area contributed by atoms with Gasteiger partial charge in [0.15, 0.2) is 0 Å². The SMILES string of the molecule is CCN1CCCC1CNC(=O)NC1C=CC(C(=O)O)C1. The van der Waals surface area contributed by atoms with Gasteiger partial charge >= 0.3 is 12.0 Å². The van der Waals surface area contributed by atoms with E-state index in [1.807, 2.05) is 0 Å². The highest BCUT2D eigenvalue weighted by Crippen LogP contribution is 2.18. The summed E-state index contributed by atoms with van der Waals surface area (Å²) in [6, 6.07) is 0.0345. The molecule has 0 aromatic heterocycles. The molecule has 1 aliphatic carbocycles. The first-order valence-corrected chi connectivity index (χ1v) is 7.29. The monoisotopic (exact) mass is 281 g/mol. The van der Waals surface area contributed by atoms with Crippen molar-refractivity contribution in [1.29, 1.82) is 0 Å². The molecule has 0 radical (unpaired) electrons. The van der Waals surface area contributed by atoms with Crippen LogP contribution in [0, 0.1) is 5.92 Å². The lowest BCUT2D eigenvalue weighted by Gasteiger charge is -2.23. The minimum Gasteiger partial charge on any atom is -0.481 e. The largest absolute Gasteiger partial charge is 0.481 e. The zero-order valence-corrected chi connectivity index (χ0v) is 11.8. The lowest BCUT2D eigenvalue weighted by molar-refractivity contribution is -0.140. The minimum absolute atomic E-state index is 0.179. The summed E-state index contributed by atoms with van der Waals surface area (Å²) in [5, 5.41) is 14.6. The van der Waals surface area contributed by atoms with E-state index in [0.717, 1.165) is 19.5 Å². The smallest absolute Gasteiger partial charge is 0.315 e. The van der Waals surface area contributed by atoms with Gasteiger partial charge in [0.2, 0.25) is 0 Å². The van der Waals surface area contributed by atoms with Gasteiger partial charge in [0.25, 0.3) is 0 Å². The molecule has 0 aromatic carbocycles. The van der Waals surface area contributed by atoms with Crippen LogP contribution in [-0.4, -0.2) is 53.7 Å². The number of hydrogen-bond acceptors (Lipinski definition) is 3. The third-order valence-electron chi connectivity index (χ3n) is 4.12. The highest BCUT2D eigenvalue weighted by Gasteiger charge is 2.26. The molecule has 0 aromatic rings. The summed E-state index contributed by atoms with van der Waals surface area (Å²) >= 11 is 0. The predicted octanol–water partition coefficient (Wildman–Crippen LogP) is 0.799. The predicted molar refractivity (Wildman–Crippen MR) is 75.5 cm³/mol. The van der Waals surface area contributed by atoms with Crippen molar-refractivity contribution >= 4 is 12.0 Å². The van der Waals surface area contributed by atoms with Gasteiger partial charge in [-0.2, -0.15) is 0 Å². The third kappa shape index (κ3) is 3.72. The fourth-order valence-corrected chi connectivity index (χ4v) is 2.96. The molecule has 0 bridgehead atoms. The Morgan fingerprint density at radius 3 is 2.85 bits per heavy atom. The normalized spacial score (nSPS) is 29.6. The number of hydrogen-bond donors (Lipinski definition) is 3. The lowest BCUT2D eigenvalue weighted by Crippen LogP contribution is -2.46. The number of likely N-dealkylation sites (N-methyl/N-ethyl adjacent to an activating group) is 1. The van der Waals surface area contributed by atoms with E-state index in [9.17, 15) is 9.59 Å². The quantitative estimate of drug-likeness (QED) is 0.651. The molecule has 2 amide bonds. The molecule has 3 unspecified atom stereocenters. The van der Waals surface area contributed by atoms with Crippen molar-refractivity contribution in [2.45, 2.75) is 38.3 Å². The van der Waals surface area contributed by atoms with Crippen LogP contribution >= 0.6 is 0 Å². The molecule has 1 heterocycles. The van der Waals surface area contributed by atoms with E-state index in [-0.39, 0.29) is 12.1 Å². The number of aliphatic carboxylic acids is 1. The van der Waals surface area contributed by atoms with Gasteiger partial charge in [0.05, 0.1) is 12.0 Å². The zero-order valence-electron chi connectivity index (χ0n) is 11.8. The number of urea groups is 1. The Kier molecular flexibility index (Phi) is 5.00. The number of carboxylic acids is 1. The highest BCUT2D eigenvalue weighted by molar-refractivity contribution is 5.76. The van der Waals surface area contributed by atoms with Crippen LogP contribution in [0.1, 0.15) is 26.2 Å². The van der Waals surface area contributed by atoms with Crippen LogP contribution in [-0.2, 0) is 4.79 Å². The van der Waals surface area contributed by atoms with Crippen molar-refractivity contribution in [3.63, 3.8) is 0 Å². The van der Waals surface area contributed by atoms with Gasteiger partial charge in [-0.05, 0) is 32.4 Å². The van der Waals surface area contributed by atoms with E-state index in [0.29, 0.717) is 19.0 Å². The molecule has 2 aliphatic rings. The van der Waals surface area contributed by atoms with Crippen LogP contribution in [0.2, 0.25) is 0 Å². The van der Waals surface area contributed by atoms with Crippen molar-refractivity contribution in [3.8, 4) is 0 Å². The molecule has 6 nitrogen and oxygen atoms in total. The Labute approximate surface area is 119 Å². The molecular formula is C14H23N3O3. The molecule has 6 heteroatoms. The maximum absolute atomic E-state index is 11.8. The first-order chi connectivity index (χ1) is 9.60. The van der Waals surface area contributed by atoms with Crippen LogP contribution in [0.15, 0.2) is 12.2 Å². The number of carboxylic acid groups (broad SMARTS) is 1. The third-order valence-corrected chi connectivity index (χ3v) is 4.12. The molecule has 1 saturated heterocycles. The van der Waals surface area contributed by atoms with E-state index >= 15 is 0 Å². The molecule has 2 rings (SSSR count). The summed E-state index contributed by atoms with van der Waals surface area (Å²) in [6.07, 6.45) is 6.15. The van der Waals surface area contributed by atoms with Crippen LogP contribution in [0.5, 0.6) is 0 Å². The Morgan fingerprint density at radius 2 is 2.20 bits per heavy atom. The van der Waals surface area contributed by atoms with Crippen LogP contribution in [0.3, 0.4) is 0 Å². The van der Waals surface area contributed by atoms with Crippen molar-refractivity contribution < 1.29 is 14.7 Å². The lowest BCUT2D eigenvalue weighted by atomic mass is 10.1. The van der Waals surface area contributed by atoms with Gasteiger partial charge < -0.3 is 15.7 Å². The van der Waals surface area contributed by atoms with Gasteiger partial charge in [0.1, 0.15) is 0 Å². The van der Waals surface area contributed by atoms with Crippen LogP contribution in [0.25, 0.3) is 0 Å². The summed E-state index contributed by atoms with van der Waals surface area (Å²) in [5.41, 5.74) is 0. The number of likely N-dealkylation sites (tertiary alicyclic amines) is 1. The molecule has 0 saturated carbocycles. The van der Waals surface area contributed by atoms with E-state index in [1.165, 1.54) is 6.42 Å². The molecule has 3 atom stereocenters. The molecule has 1 aliphatic heterocycles. The molecule has 1 fully saturated rings.